The molecule has 11 heteroatoms. The number of hydrogen-bond donors (Lipinski definition) is 1. The van der Waals surface area contributed by atoms with Gasteiger partial charge in [0.05, 0.1) is 30.3 Å². The van der Waals surface area contributed by atoms with Crippen LogP contribution in [0.3, 0.4) is 0 Å². The summed E-state index contributed by atoms with van der Waals surface area (Å²) >= 11 is 0. The van der Waals surface area contributed by atoms with Gasteiger partial charge in [-0.25, -0.2) is 17.9 Å². The monoisotopic (exact) mass is 570 g/mol. The number of benzene rings is 2. The Labute approximate surface area is 234 Å². The number of fused-ring (bicyclic) bond motifs is 3. The van der Waals surface area contributed by atoms with Gasteiger partial charge in [0.1, 0.15) is 11.4 Å². The zero-order chi connectivity index (χ0) is 29.3. The number of carbonyl (C=O) groups excluding carboxylic acids is 3. The Morgan fingerprint density at radius 1 is 1.07 bits per heavy atom. The third-order valence-electron chi connectivity index (χ3n) is 8.51. The topological polar surface area (TPSA) is 128 Å². The number of amides is 1. The molecule has 3 atom stereocenters. The lowest BCUT2D eigenvalue weighted by Crippen LogP contribution is -2.48. The Morgan fingerprint density at radius 2 is 1.75 bits per heavy atom. The van der Waals surface area contributed by atoms with Crippen molar-refractivity contribution in [2.75, 3.05) is 25.7 Å². The zero-order valence-electron chi connectivity index (χ0n) is 23.5. The van der Waals surface area contributed by atoms with Gasteiger partial charge < -0.3 is 14.2 Å². The molecule has 214 valence electrons. The van der Waals surface area contributed by atoms with Gasteiger partial charge in [-0.15, -0.1) is 0 Å². The van der Waals surface area contributed by atoms with Gasteiger partial charge in [-0.1, -0.05) is 17.7 Å². The van der Waals surface area contributed by atoms with Crippen LogP contribution in [0.1, 0.15) is 51.2 Å². The fraction of sp³-hybridized carbons (Fsp3) is 0.483. The molecule has 1 N–H and O–H groups in total. The molecule has 2 saturated carbocycles. The van der Waals surface area contributed by atoms with E-state index in [4.69, 9.17) is 14.2 Å². The lowest BCUT2D eigenvalue weighted by Gasteiger charge is -2.32. The van der Waals surface area contributed by atoms with Crippen LogP contribution in [0, 0.1) is 12.3 Å². The molecule has 1 unspecified atom stereocenters. The van der Waals surface area contributed by atoms with Crippen molar-refractivity contribution in [1.82, 2.24) is 4.72 Å². The highest BCUT2D eigenvalue weighted by atomic mass is 32.2. The highest BCUT2D eigenvalue weighted by Gasteiger charge is 3.01. The van der Waals surface area contributed by atoms with Crippen LogP contribution in [0.4, 0.5) is 10.5 Å². The molecule has 2 fully saturated rings. The molecule has 2 aromatic carbocycles. The number of ether oxygens (including phenoxy) is 3. The van der Waals surface area contributed by atoms with E-state index in [1.807, 2.05) is 6.92 Å². The van der Waals surface area contributed by atoms with E-state index in [0.717, 1.165) is 5.56 Å². The summed E-state index contributed by atoms with van der Waals surface area (Å²) in [4.78, 5) is 42.7. The normalized spacial score (nSPS) is 26.6. The number of ketones is 1. The number of aryl methyl sites for hydroxylation is 1. The molecule has 3 aliphatic rings. The molecular formula is C29H34N2O8S. The Hall–Kier alpha value is -3.44. The van der Waals surface area contributed by atoms with Crippen molar-refractivity contribution in [3.8, 4) is 5.75 Å². The Balaban J connectivity index is 1.64. The van der Waals surface area contributed by atoms with Gasteiger partial charge in [0.15, 0.2) is 11.2 Å². The fourth-order valence-corrected chi connectivity index (χ4v) is 8.22. The highest BCUT2D eigenvalue weighted by Crippen LogP contribution is 2.86. The van der Waals surface area contributed by atoms with Gasteiger partial charge in [0.2, 0.25) is 10.0 Å². The summed E-state index contributed by atoms with van der Waals surface area (Å²) in [5.74, 6) is -0.627. The standard InChI is InChI=1S/C29H34N2O8S/c1-18-7-10-20(11-8-18)40(35,36)30-16-15-27-21-17-19(37-5)9-12-22(21)31(25(34)39-26(2,3)4)28(27)14-13-23(32)29(27,28)24(33)38-6/h7-12,17,30H,13-16H2,1-6H3/t27-,28+,29?/m1/s1. The van der Waals surface area contributed by atoms with E-state index in [2.05, 4.69) is 4.72 Å². The third-order valence-corrected chi connectivity index (χ3v) is 9.99. The Morgan fingerprint density at radius 3 is 2.35 bits per heavy atom. The first-order valence-corrected chi connectivity index (χ1v) is 14.6. The first kappa shape index (κ1) is 28.1. The molecule has 5 rings (SSSR count). The highest BCUT2D eigenvalue weighted by molar-refractivity contribution is 7.89. The smallest absolute Gasteiger partial charge is 0.415 e. The van der Waals surface area contributed by atoms with E-state index in [-0.39, 0.29) is 36.5 Å². The molecule has 2 aliphatic carbocycles. The first-order chi connectivity index (χ1) is 18.7. The SMILES string of the molecule is COC(=O)C12C(=O)CC[C@@]13N(C(=O)OC(C)(C)C)c1ccc(OC)cc1[C@@]23CCNS(=O)(=O)c1ccc(C)cc1. The van der Waals surface area contributed by atoms with Crippen LogP contribution in [0.5, 0.6) is 5.75 Å². The number of carbonyl (C=O) groups is 3. The van der Waals surface area contributed by atoms with Crippen LogP contribution in [0.25, 0.3) is 0 Å². The second-order valence-corrected chi connectivity index (χ2v) is 13.4. The van der Waals surface area contributed by atoms with E-state index in [0.29, 0.717) is 17.0 Å². The first-order valence-electron chi connectivity index (χ1n) is 13.1. The molecule has 2 aromatic rings. The second-order valence-electron chi connectivity index (χ2n) is 11.6. The van der Waals surface area contributed by atoms with Gasteiger partial charge in [0.25, 0.3) is 0 Å². The largest absolute Gasteiger partial charge is 0.497 e. The summed E-state index contributed by atoms with van der Waals surface area (Å²) in [6.45, 7) is 6.98. The summed E-state index contributed by atoms with van der Waals surface area (Å²) in [5, 5.41) is 0. The number of Topliss-reactive ketones (excluding diaryl/α,β-unsaturated/α-hetero) is 1. The molecule has 1 heterocycles. The van der Waals surface area contributed by atoms with Crippen LogP contribution < -0.4 is 14.4 Å². The number of nitrogens with zero attached hydrogens (tertiary/aromatic N) is 1. The number of anilines is 1. The number of rotatable bonds is 7. The third kappa shape index (κ3) is 3.49. The molecule has 40 heavy (non-hydrogen) atoms. The molecular weight excluding hydrogens is 536 g/mol. The zero-order valence-corrected chi connectivity index (χ0v) is 24.3. The van der Waals surface area contributed by atoms with Crippen LogP contribution in [0.2, 0.25) is 0 Å². The summed E-state index contributed by atoms with van der Waals surface area (Å²) in [5.41, 5.74) is -3.16. The van der Waals surface area contributed by atoms with E-state index in [9.17, 15) is 22.8 Å². The average Bonchev–Trinajstić information content (AvgIpc) is 3.09. The molecule has 1 amide bonds. The number of hydrogen-bond acceptors (Lipinski definition) is 8. The summed E-state index contributed by atoms with van der Waals surface area (Å²) in [6.07, 6.45) is -0.377. The van der Waals surface area contributed by atoms with Crippen molar-refractivity contribution in [2.24, 2.45) is 5.41 Å². The van der Waals surface area contributed by atoms with Crippen molar-refractivity contribution >= 4 is 33.6 Å². The summed E-state index contributed by atoms with van der Waals surface area (Å²) in [6, 6.07) is 11.6. The Kier molecular flexibility index (Phi) is 6.35. The van der Waals surface area contributed by atoms with Crippen LogP contribution in [-0.4, -0.2) is 58.2 Å². The van der Waals surface area contributed by atoms with Gasteiger partial charge in [-0.2, -0.15) is 0 Å². The minimum atomic E-state index is -3.89. The van der Waals surface area contributed by atoms with Crippen LogP contribution in [0.15, 0.2) is 47.4 Å². The van der Waals surface area contributed by atoms with Gasteiger partial charge >= 0.3 is 12.1 Å². The second kappa shape index (κ2) is 9.04. The van der Waals surface area contributed by atoms with E-state index in [1.54, 1.807) is 51.1 Å². The Bertz CT molecular complexity index is 1510. The molecule has 0 radical (unpaired) electrons. The minimum absolute atomic E-state index is 0.0540. The molecule has 10 nitrogen and oxygen atoms in total. The number of methoxy groups -OCH3 is 2. The predicted octanol–water partition coefficient (Wildman–Crippen LogP) is 3.64. The van der Waals surface area contributed by atoms with Crippen molar-refractivity contribution in [3.05, 3.63) is 53.6 Å². The van der Waals surface area contributed by atoms with Gasteiger partial charge in [-0.05, 0) is 76.4 Å². The van der Waals surface area contributed by atoms with Crippen LogP contribution >= 0.6 is 0 Å². The van der Waals surface area contributed by atoms with E-state index >= 15 is 0 Å². The summed E-state index contributed by atoms with van der Waals surface area (Å²) in [7, 11) is -1.18. The number of esters is 1. The maximum absolute atomic E-state index is 13.8. The quantitative estimate of drug-likeness (QED) is 0.395. The maximum Gasteiger partial charge on any atom is 0.415 e. The van der Waals surface area contributed by atoms with Crippen molar-refractivity contribution in [1.29, 1.82) is 0 Å². The molecule has 1 aliphatic heterocycles. The van der Waals surface area contributed by atoms with Gasteiger partial charge in [-0.3, -0.25) is 14.5 Å². The average molecular weight is 571 g/mol. The molecule has 0 bridgehead atoms. The predicted molar refractivity (Wildman–Crippen MR) is 146 cm³/mol. The van der Waals surface area contributed by atoms with E-state index in [1.165, 1.54) is 31.3 Å². The van der Waals surface area contributed by atoms with E-state index < -0.39 is 44.1 Å². The lowest BCUT2D eigenvalue weighted by molar-refractivity contribution is -0.152. The van der Waals surface area contributed by atoms with Gasteiger partial charge in [0, 0.05) is 18.4 Å². The molecule has 0 saturated heterocycles. The van der Waals surface area contributed by atoms with Crippen molar-refractivity contribution in [2.45, 2.75) is 68.4 Å². The molecule has 1 spiro atoms. The lowest BCUT2D eigenvalue weighted by atomic mass is 9.78. The summed E-state index contributed by atoms with van der Waals surface area (Å²) < 4.78 is 45.3. The molecule has 0 aromatic heterocycles. The number of nitrogens with one attached hydrogen (secondary N) is 1. The fourth-order valence-electron chi connectivity index (χ4n) is 7.19. The van der Waals surface area contributed by atoms with Crippen molar-refractivity contribution < 1.29 is 37.0 Å². The maximum atomic E-state index is 13.8. The van der Waals surface area contributed by atoms with Crippen molar-refractivity contribution in [3.63, 3.8) is 0 Å². The number of sulfonamides is 1. The van der Waals surface area contributed by atoms with Crippen LogP contribution in [-0.2, 0) is 34.5 Å². The minimum Gasteiger partial charge on any atom is -0.497 e.